The minimum absolute atomic E-state index is 0.262. The van der Waals surface area contributed by atoms with E-state index >= 15 is 0 Å². The number of rotatable bonds is 2. The number of amides is 1. The maximum atomic E-state index is 13.0. The zero-order valence-corrected chi connectivity index (χ0v) is 14.9. The van der Waals surface area contributed by atoms with E-state index in [0.717, 1.165) is 5.56 Å². The van der Waals surface area contributed by atoms with Crippen molar-refractivity contribution in [3.8, 4) is 11.5 Å². The van der Waals surface area contributed by atoms with Crippen LogP contribution in [0, 0.1) is 5.82 Å². The average molecular weight is 391 g/mol. The molecule has 8 heteroatoms. The van der Waals surface area contributed by atoms with Crippen molar-refractivity contribution in [1.82, 2.24) is 5.32 Å². The summed E-state index contributed by atoms with van der Waals surface area (Å²) in [7, 11) is 0. The third-order valence-corrected chi connectivity index (χ3v) is 4.82. The number of nitrogens with zero attached hydrogens (tertiary/aromatic N) is 1. The summed E-state index contributed by atoms with van der Waals surface area (Å²) in [5.41, 5.74) is 1.28. The highest BCUT2D eigenvalue weighted by Gasteiger charge is 2.24. The Kier molecular flexibility index (Phi) is 4.57. The van der Waals surface area contributed by atoms with Gasteiger partial charge in [-0.2, -0.15) is 0 Å². The molecule has 1 N–H and O–H groups in total. The van der Waals surface area contributed by atoms with Gasteiger partial charge in [0.05, 0.1) is 15.6 Å². The SMILES string of the molecule is O=C1NC(=Nc2ccc(F)cc2)S/C1=C/c1cc(Cl)c2c(c1)OCCO2. The normalized spacial score (nSPS) is 19.1. The number of benzene rings is 2. The fourth-order valence-corrected chi connectivity index (χ4v) is 3.59. The van der Waals surface area contributed by atoms with Crippen molar-refractivity contribution in [2.45, 2.75) is 0 Å². The molecular weight excluding hydrogens is 379 g/mol. The van der Waals surface area contributed by atoms with E-state index in [1.807, 2.05) is 0 Å². The summed E-state index contributed by atoms with van der Waals surface area (Å²) in [5, 5.41) is 3.54. The first-order valence-electron chi connectivity index (χ1n) is 7.73. The first-order chi connectivity index (χ1) is 12.6. The Morgan fingerprint density at radius 3 is 2.77 bits per heavy atom. The van der Waals surface area contributed by atoms with Crippen LogP contribution in [0.4, 0.5) is 10.1 Å². The number of ether oxygens (including phenoxy) is 2. The third kappa shape index (κ3) is 3.54. The van der Waals surface area contributed by atoms with Crippen LogP contribution in [0.3, 0.4) is 0 Å². The number of carbonyl (C=O) groups is 1. The maximum absolute atomic E-state index is 13.0. The van der Waals surface area contributed by atoms with E-state index in [2.05, 4.69) is 10.3 Å². The third-order valence-electron chi connectivity index (χ3n) is 3.63. The maximum Gasteiger partial charge on any atom is 0.264 e. The van der Waals surface area contributed by atoms with E-state index in [9.17, 15) is 9.18 Å². The molecule has 1 fully saturated rings. The van der Waals surface area contributed by atoms with Gasteiger partial charge in [-0.1, -0.05) is 11.6 Å². The van der Waals surface area contributed by atoms with Crippen LogP contribution in [-0.2, 0) is 4.79 Å². The van der Waals surface area contributed by atoms with Gasteiger partial charge in [0.2, 0.25) is 0 Å². The number of hydrogen-bond donors (Lipinski definition) is 1. The zero-order valence-electron chi connectivity index (χ0n) is 13.3. The van der Waals surface area contributed by atoms with Crippen LogP contribution in [0.15, 0.2) is 46.3 Å². The van der Waals surface area contributed by atoms with Crippen molar-refractivity contribution in [2.24, 2.45) is 4.99 Å². The molecule has 0 radical (unpaired) electrons. The van der Waals surface area contributed by atoms with Crippen LogP contribution in [-0.4, -0.2) is 24.3 Å². The van der Waals surface area contributed by atoms with Gasteiger partial charge in [-0.25, -0.2) is 9.38 Å². The number of fused-ring (bicyclic) bond motifs is 1. The summed E-state index contributed by atoms with van der Waals surface area (Å²) in [6.45, 7) is 0.904. The minimum atomic E-state index is -0.340. The van der Waals surface area contributed by atoms with Gasteiger partial charge in [-0.15, -0.1) is 0 Å². The monoisotopic (exact) mass is 390 g/mol. The number of carbonyl (C=O) groups excluding carboxylic acids is 1. The summed E-state index contributed by atoms with van der Waals surface area (Å²) in [6, 6.07) is 9.19. The summed E-state index contributed by atoms with van der Waals surface area (Å²) in [4.78, 5) is 16.9. The van der Waals surface area contributed by atoms with Crippen LogP contribution >= 0.6 is 23.4 Å². The molecule has 0 aromatic heterocycles. The fourth-order valence-electron chi connectivity index (χ4n) is 2.48. The van der Waals surface area contributed by atoms with Crippen molar-refractivity contribution < 1.29 is 18.7 Å². The van der Waals surface area contributed by atoms with E-state index in [1.165, 1.54) is 36.0 Å². The lowest BCUT2D eigenvalue weighted by atomic mass is 10.1. The summed E-state index contributed by atoms with van der Waals surface area (Å²) < 4.78 is 24.0. The molecule has 26 heavy (non-hydrogen) atoms. The number of nitrogens with one attached hydrogen (secondary N) is 1. The molecule has 132 valence electrons. The lowest BCUT2D eigenvalue weighted by Gasteiger charge is -2.19. The fraction of sp³-hybridized carbons (Fsp3) is 0.111. The number of amidine groups is 1. The van der Waals surface area contributed by atoms with E-state index in [0.29, 0.717) is 45.5 Å². The standard InChI is InChI=1S/C18H12ClFN2O3S/c19-13-7-10(8-14-16(13)25-6-5-24-14)9-15-17(23)22-18(26-15)21-12-3-1-11(20)2-4-12/h1-4,7-9H,5-6H2,(H,21,22,23)/b15-9+. The van der Waals surface area contributed by atoms with Gasteiger partial charge in [0.1, 0.15) is 19.0 Å². The molecule has 2 aromatic carbocycles. The Morgan fingerprint density at radius 2 is 1.96 bits per heavy atom. The van der Waals surface area contributed by atoms with Crippen LogP contribution in [0.2, 0.25) is 5.02 Å². The highest BCUT2D eigenvalue weighted by atomic mass is 35.5. The molecule has 0 bridgehead atoms. The summed E-state index contributed by atoms with van der Waals surface area (Å²) in [5.74, 6) is 0.469. The Balaban J connectivity index is 1.59. The Labute approximate surface area is 157 Å². The van der Waals surface area contributed by atoms with Gasteiger partial charge >= 0.3 is 0 Å². The predicted molar refractivity (Wildman–Crippen MR) is 99.6 cm³/mol. The van der Waals surface area contributed by atoms with Gasteiger partial charge in [0, 0.05) is 0 Å². The molecule has 0 atom stereocenters. The number of hydrogen-bond acceptors (Lipinski definition) is 5. The molecule has 2 heterocycles. The molecule has 5 nitrogen and oxygen atoms in total. The molecule has 0 saturated carbocycles. The second kappa shape index (κ2) is 7.01. The molecule has 0 aliphatic carbocycles. The van der Waals surface area contributed by atoms with Gasteiger partial charge in [0.25, 0.3) is 5.91 Å². The molecule has 4 rings (SSSR count). The number of aliphatic imine (C=N–C) groups is 1. The first kappa shape index (κ1) is 16.9. The second-order valence-corrected chi connectivity index (χ2v) is 6.92. The molecular formula is C18H12ClFN2O3S. The molecule has 0 unspecified atom stereocenters. The Morgan fingerprint density at radius 1 is 1.19 bits per heavy atom. The second-order valence-electron chi connectivity index (χ2n) is 5.49. The van der Waals surface area contributed by atoms with E-state index in [-0.39, 0.29) is 11.7 Å². The Bertz CT molecular complexity index is 944. The van der Waals surface area contributed by atoms with Crippen molar-refractivity contribution in [1.29, 1.82) is 0 Å². The average Bonchev–Trinajstić information content (AvgIpc) is 2.96. The van der Waals surface area contributed by atoms with Crippen molar-refractivity contribution in [3.63, 3.8) is 0 Å². The van der Waals surface area contributed by atoms with Crippen molar-refractivity contribution in [3.05, 3.63) is 57.7 Å². The molecule has 2 aromatic rings. The van der Waals surface area contributed by atoms with Crippen LogP contribution in [0.25, 0.3) is 6.08 Å². The van der Waals surface area contributed by atoms with E-state index in [4.69, 9.17) is 21.1 Å². The zero-order chi connectivity index (χ0) is 18.1. The van der Waals surface area contributed by atoms with Crippen LogP contribution < -0.4 is 14.8 Å². The largest absolute Gasteiger partial charge is 0.486 e. The van der Waals surface area contributed by atoms with Gasteiger partial charge in [-0.3, -0.25) is 4.79 Å². The highest BCUT2D eigenvalue weighted by Crippen LogP contribution is 2.39. The summed E-state index contributed by atoms with van der Waals surface area (Å²) in [6.07, 6.45) is 1.71. The highest BCUT2D eigenvalue weighted by molar-refractivity contribution is 8.18. The lowest BCUT2D eigenvalue weighted by Crippen LogP contribution is -2.19. The summed E-state index contributed by atoms with van der Waals surface area (Å²) >= 11 is 7.42. The lowest BCUT2D eigenvalue weighted by molar-refractivity contribution is -0.115. The minimum Gasteiger partial charge on any atom is -0.486 e. The van der Waals surface area contributed by atoms with Crippen LogP contribution in [0.5, 0.6) is 11.5 Å². The Hall–Kier alpha value is -2.51. The quantitative estimate of drug-likeness (QED) is 0.783. The molecule has 2 aliphatic heterocycles. The van der Waals surface area contributed by atoms with Gasteiger partial charge in [-0.05, 0) is 59.8 Å². The predicted octanol–water partition coefficient (Wildman–Crippen LogP) is 4.14. The number of thioether (sulfide) groups is 1. The molecule has 2 aliphatic rings. The van der Waals surface area contributed by atoms with E-state index in [1.54, 1.807) is 18.2 Å². The van der Waals surface area contributed by atoms with Crippen LogP contribution in [0.1, 0.15) is 5.56 Å². The first-order valence-corrected chi connectivity index (χ1v) is 8.92. The van der Waals surface area contributed by atoms with Gasteiger partial charge < -0.3 is 14.8 Å². The number of halogens is 2. The smallest absolute Gasteiger partial charge is 0.264 e. The molecule has 1 saturated heterocycles. The van der Waals surface area contributed by atoms with Crippen molar-refractivity contribution >= 4 is 46.2 Å². The topological polar surface area (TPSA) is 59.9 Å². The van der Waals surface area contributed by atoms with E-state index < -0.39 is 0 Å². The molecule has 1 amide bonds. The molecule has 0 spiro atoms. The van der Waals surface area contributed by atoms with Crippen molar-refractivity contribution in [2.75, 3.05) is 13.2 Å². The van der Waals surface area contributed by atoms with Gasteiger partial charge in [0.15, 0.2) is 16.7 Å².